The number of fused-ring (bicyclic) bond motifs is 3. The Bertz CT molecular complexity index is 1670. The molecule has 0 radical (unpaired) electrons. The number of phenols is 1. The highest BCUT2D eigenvalue weighted by molar-refractivity contribution is 9.12. The van der Waals surface area contributed by atoms with E-state index in [1.54, 1.807) is 4.90 Å². The first-order valence-electron chi connectivity index (χ1n) is 15.5. The number of nitrogens with zero attached hydrogens (tertiary/aromatic N) is 2. The SMILES string of the molecule is Cc1cc([C@H]2C3=CC[C@@H]4C(=O)N(C5CCN(Cc6ccccc6)CC5)C(=O)[C@@H]4[C@@H]3CC3=C2C(=O)C=C(Br)C3=O)cc(C)c1O. The average Bonchev–Trinajstić information content (AvgIpc) is 3.27. The number of rotatable bonds is 4. The van der Waals surface area contributed by atoms with Gasteiger partial charge < -0.3 is 5.11 Å². The minimum Gasteiger partial charge on any atom is -0.507 e. The van der Waals surface area contributed by atoms with Crippen LogP contribution < -0.4 is 0 Å². The van der Waals surface area contributed by atoms with Crippen LogP contribution in [0.4, 0.5) is 0 Å². The van der Waals surface area contributed by atoms with Crippen molar-refractivity contribution in [3.05, 3.63) is 98.1 Å². The van der Waals surface area contributed by atoms with Gasteiger partial charge in [-0.1, -0.05) is 54.1 Å². The zero-order chi connectivity index (χ0) is 30.9. The van der Waals surface area contributed by atoms with Crippen LogP contribution in [0, 0.1) is 31.6 Å². The maximum Gasteiger partial charge on any atom is 0.233 e. The Morgan fingerprint density at radius 2 is 1.61 bits per heavy atom. The molecule has 2 aromatic carbocycles. The fraction of sp³-hybridized carbons (Fsp3) is 0.389. The monoisotopic (exact) mass is 654 g/mol. The summed E-state index contributed by atoms with van der Waals surface area (Å²) in [4.78, 5) is 59.1. The van der Waals surface area contributed by atoms with Crippen molar-refractivity contribution in [3.8, 4) is 5.75 Å². The summed E-state index contributed by atoms with van der Waals surface area (Å²) in [6.45, 7) is 6.11. The molecular weight excluding hydrogens is 620 g/mol. The standard InChI is InChI=1S/C36H35BrN2O5/c1-19-14-22(15-20(2)33(19)41)30-24-8-9-25-31(26(24)16-27-32(30)29(40)17-28(37)34(27)42)36(44)39(35(25)43)23-10-12-38(13-11-23)18-21-6-4-3-5-7-21/h3-8,14-15,17,23,25-26,30-31,41H,9-13,16,18H2,1-2H3/t25-,26+,30-,31-/m0/s1. The van der Waals surface area contributed by atoms with Crippen LogP contribution >= 0.6 is 15.9 Å². The van der Waals surface area contributed by atoms with Gasteiger partial charge in [0.05, 0.1) is 16.3 Å². The molecule has 2 heterocycles. The predicted octanol–water partition coefficient (Wildman–Crippen LogP) is 5.44. The lowest BCUT2D eigenvalue weighted by molar-refractivity contribution is -0.144. The Hall–Kier alpha value is -3.62. The molecule has 0 saturated carbocycles. The van der Waals surface area contributed by atoms with E-state index in [2.05, 4.69) is 39.0 Å². The minimum absolute atomic E-state index is 0.100. The van der Waals surface area contributed by atoms with Crippen LogP contribution in [0.15, 0.2) is 75.8 Å². The van der Waals surface area contributed by atoms with Crippen molar-refractivity contribution in [1.29, 1.82) is 0 Å². The maximum atomic E-state index is 14.3. The Balaban J connectivity index is 1.20. The Morgan fingerprint density at radius 1 is 0.932 bits per heavy atom. The van der Waals surface area contributed by atoms with Gasteiger partial charge in [-0.2, -0.15) is 0 Å². The Labute approximate surface area is 265 Å². The summed E-state index contributed by atoms with van der Waals surface area (Å²) in [5.74, 6) is -2.40. The molecule has 2 saturated heterocycles. The van der Waals surface area contributed by atoms with Gasteiger partial charge in [-0.3, -0.25) is 29.0 Å². The third kappa shape index (κ3) is 4.65. The van der Waals surface area contributed by atoms with Gasteiger partial charge in [-0.15, -0.1) is 0 Å². The number of aryl methyl sites for hydroxylation is 2. The third-order valence-corrected chi connectivity index (χ3v) is 11.0. The molecule has 0 bridgehead atoms. The molecule has 4 atom stereocenters. The number of piperidine rings is 1. The van der Waals surface area contributed by atoms with Crippen LogP contribution in [-0.4, -0.2) is 57.4 Å². The number of halogens is 1. The highest BCUT2D eigenvalue weighted by atomic mass is 79.9. The highest BCUT2D eigenvalue weighted by Gasteiger charge is 2.57. The van der Waals surface area contributed by atoms with Gasteiger partial charge in [0, 0.05) is 48.8 Å². The number of imide groups is 1. The second-order valence-electron chi connectivity index (χ2n) is 12.9. The third-order valence-electron chi connectivity index (χ3n) is 10.4. The van der Waals surface area contributed by atoms with Gasteiger partial charge in [-0.05, 0) is 83.6 Å². The van der Waals surface area contributed by atoms with Crippen LogP contribution in [0.3, 0.4) is 0 Å². The number of carbonyl (C=O) groups excluding carboxylic acids is 4. The number of hydrogen-bond donors (Lipinski definition) is 1. The van der Waals surface area contributed by atoms with Crippen LogP contribution in [0.25, 0.3) is 0 Å². The van der Waals surface area contributed by atoms with Gasteiger partial charge in [0.25, 0.3) is 0 Å². The van der Waals surface area contributed by atoms with Gasteiger partial charge in [0.2, 0.25) is 11.8 Å². The van der Waals surface area contributed by atoms with E-state index in [-0.39, 0.29) is 52.0 Å². The number of amides is 2. The number of Topliss-reactive ketones (excluding diaryl/α,β-unsaturated/α-hetero) is 1. The zero-order valence-electron chi connectivity index (χ0n) is 24.9. The van der Waals surface area contributed by atoms with Gasteiger partial charge in [0.1, 0.15) is 5.75 Å². The Kier molecular flexibility index (Phi) is 7.33. The Morgan fingerprint density at radius 3 is 2.30 bits per heavy atom. The van der Waals surface area contributed by atoms with Crippen LogP contribution in [0.2, 0.25) is 0 Å². The van der Waals surface area contributed by atoms with E-state index in [9.17, 15) is 24.3 Å². The van der Waals surface area contributed by atoms with E-state index in [4.69, 9.17) is 0 Å². The lowest BCUT2D eigenvalue weighted by Gasteiger charge is -2.42. The second-order valence-corrected chi connectivity index (χ2v) is 13.8. The lowest BCUT2D eigenvalue weighted by Crippen LogP contribution is -2.47. The normalized spacial score (nSPS) is 27.7. The molecule has 0 spiro atoms. The van der Waals surface area contributed by atoms with Crippen molar-refractivity contribution in [2.75, 3.05) is 13.1 Å². The van der Waals surface area contributed by atoms with E-state index in [0.717, 1.165) is 43.6 Å². The van der Waals surface area contributed by atoms with Crippen molar-refractivity contribution in [1.82, 2.24) is 9.80 Å². The van der Waals surface area contributed by atoms with Crippen molar-refractivity contribution in [2.45, 2.75) is 58.0 Å². The number of likely N-dealkylation sites (tertiary alicyclic amines) is 2. The molecule has 5 aliphatic rings. The van der Waals surface area contributed by atoms with Gasteiger partial charge in [0.15, 0.2) is 11.6 Å². The summed E-state index contributed by atoms with van der Waals surface area (Å²) in [6.07, 6.45) is 5.57. The van der Waals surface area contributed by atoms with E-state index in [1.807, 2.05) is 44.2 Å². The van der Waals surface area contributed by atoms with Crippen molar-refractivity contribution < 1.29 is 24.3 Å². The molecule has 44 heavy (non-hydrogen) atoms. The molecule has 3 aliphatic carbocycles. The fourth-order valence-corrected chi connectivity index (χ4v) is 8.75. The van der Waals surface area contributed by atoms with Crippen LogP contribution in [0.1, 0.15) is 53.9 Å². The molecule has 2 aromatic rings. The molecule has 7 nitrogen and oxygen atoms in total. The van der Waals surface area contributed by atoms with Crippen molar-refractivity contribution in [3.63, 3.8) is 0 Å². The summed E-state index contributed by atoms with van der Waals surface area (Å²) < 4.78 is 0.218. The molecule has 2 amide bonds. The number of carbonyl (C=O) groups is 4. The summed E-state index contributed by atoms with van der Waals surface area (Å²) >= 11 is 3.29. The quantitative estimate of drug-likeness (QED) is 0.268. The van der Waals surface area contributed by atoms with E-state index in [0.29, 0.717) is 28.7 Å². The summed E-state index contributed by atoms with van der Waals surface area (Å²) in [6, 6.07) is 13.9. The number of aromatic hydroxyl groups is 1. The summed E-state index contributed by atoms with van der Waals surface area (Å²) in [5.41, 5.74) is 5.23. The second kappa shape index (κ2) is 11.1. The topological polar surface area (TPSA) is 95.0 Å². The van der Waals surface area contributed by atoms with Crippen LogP contribution in [0.5, 0.6) is 5.75 Å². The summed E-state index contributed by atoms with van der Waals surface area (Å²) in [5, 5.41) is 10.5. The smallest absolute Gasteiger partial charge is 0.233 e. The van der Waals surface area contributed by atoms with Crippen molar-refractivity contribution in [2.24, 2.45) is 17.8 Å². The molecule has 2 fully saturated rings. The average molecular weight is 656 g/mol. The minimum atomic E-state index is -0.562. The molecular formula is C36H35BrN2O5. The first-order valence-corrected chi connectivity index (χ1v) is 16.3. The lowest BCUT2D eigenvalue weighted by atomic mass is 9.59. The molecule has 7 rings (SSSR count). The first-order chi connectivity index (χ1) is 21.1. The number of ketones is 2. The van der Waals surface area contributed by atoms with E-state index < -0.39 is 17.8 Å². The molecule has 226 valence electrons. The largest absolute Gasteiger partial charge is 0.507 e. The zero-order valence-corrected chi connectivity index (χ0v) is 26.5. The maximum absolute atomic E-state index is 14.3. The van der Waals surface area contributed by atoms with Crippen molar-refractivity contribution >= 4 is 39.3 Å². The van der Waals surface area contributed by atoms with E-state index in [1.165, 1.54) is 11.6 Å². The van der Waals surface area contributed by atoms with Gasteiger partial charge in [-0.25, -0.2) is 0 Å². The highest BCUT2D eigenvalue weighted by Crippen LogP contribution is 2.56. The molecule has 2 aliphatic heterocycles. The molecule has 1 N–H and O–H groups in total. The number of hydrogen-bond acceptors (Lipinski definition) is 6. The first kappa shape index (κ1) is 29.1. The fourth-order valence-electron chi connectivity index (χ4n) is 8.30. The molecule has 8 heteroatoms. The van der Waals surface area contributed by atoms with Crippen LogP contribution in [-0.2, 0) is 25.7 Å². The molecule has 0 unspecified atom stereocenters. The number of benzene rings is 2. The van der Waals surface area contributed by atoms with Gasteiger partial charge >= 0.3 is 0 Å². The number of allylic oxidation sites excluding steroid dienone is 6. The number of phenolic OH excluding ortho intramolecular Hbond substituents is 1. The van der Waals surface area contributed by atoms with E-state index >= 15 is 0 Å². The molecule has 0 aromatic heterocycles. The summed E-state index contributed by atoms with van der Waals surface area (Å²) in [7, 11) is 0. The predicted molar refractivity (Wildman–Crippen MR) is 169 cm³/mol.